The van der Waals surface area contributed by atoms with E-state index in [0.29, 0.717) is 28.6 Å². The molecule has 3 rings (SSSR count). The van der Waals surface area contributed by atoms with E-state index in [4.69, 9.17) is 9.47 Å². The molecule has 7 heteroatoms. The fourth-order valence-corrected chi connectivity index (χ4v) is 3.33. The van der Waals surface area contributed by atoms with Crippen molar-refractivity contribution in [2.24, 2.45) is 0 Å². The maximum Gasteiger partial charge on any atom is 0.340 e. The van der Waals surface area contributed by atoms with Crippen LogP contribution in [0.1, 0.15) is 45.8 Å². The van der Waals surface area contributed by atoms with E-state index >= 15 is 0 Å². The zero-order valence-electron chi connectivity index (χ0n) is 17.7. The summed E-state index contributed by atoms with van der Waals surface area (Å²) in [5, 5.41) is 3.28. The maximum atomic E-state index is 12.9. The number of ether oxygens (including phenoxy) is 2. The Bertz CT molecular complexity index is 1140. The molecule has 0 bridgehead atoms. The first kappa shape index (κ1) is 22.0. The van der Waals surface area contributed by atoms with Crippen LogP contribution < -0.4 is 5.32 Å². The number of hydrogen-bond donors (Lipinski definition) is 1. The highest BCUT2D eigenvalue weighted by Gasteiger charge is 2.20. The first-order valence-corrected chi connectivity index (χ1v) is 10.1. The van der Waals surface area contributed by atoms with E-state index in [1.807, 2.05) is 32.0 Å². The molecule has 0 atom stereocenters. The number of esters is 2. The van der Waals surface area contributed by atoms with Gasteiger partial charge in [-0.3, -0.25) is 9.78 Å². The number of rotatable bonds is 7. The summed E-state index contributed by atoms with van der Waals surface area (Å²) in [7, 11) is 0. The predicted molar refractivity (Wildman–Crippen MR) is 117 cm³/mol. The van der Waals surface area contributed by atoms with Gasteiger partial charge in [-0.25, -0.2) is 9.59 Å². The third-order valence-electron chi connectivity index (χ3n) is 4.81. The zero-order chi connectivity index (χ0) is 22.4. The lowest BCUT2D eigenvalue weighted by Crippen LogP contribution is -2.23. The Labute approximate surface area is 180 Å². The monoisotopic (exact) mass is 420 g/mol. The number of para-hydroxylation sites is 2. The van der Waals surface area contributed by atoms with Crippen molar-refractivity contribution in [3.63, 3.8) is 0 Å². The number of aryl methyl sites for hydroxylation is 1. The number of benzene rings is 2. The second-order valence-electron chi connectivity index (χ2n) is 6.82. The standard InChI is InChI=1S/C24H24N2O5/c1-4-18-15(3)22(16-10-6-8-12-19(16)25-18)24(29)31-14-21(27)26-20-13-9-7-11-17(20)23(28)30-5-2/h6-13H,4-5,14H2,1-3H3,(H,26,27). The van der Waals surface area contributed by atoms with Crippen molar-refractivity contribution in [2.75, 3.05) is 18.5 Å². The van der Waals surface area contributed by atoms with Crippen LogP contribution in [-0.2, 0) is 20.7 Å². The molecule has 0 aliphatic rings. The molecular formula is C24H24N2O5. The SMILES string of the molecule is CCOC(=O)c1ccccc1NC(=O)COC(=O)c1c(C)c(CC)nc2ccccc12. The van der Waals surface area contributed by atoms with Gasteiger partial charge in [0.05, 0.1) is 28.9 Å². The van der Waals surface area contributed by atoms with Crippen molar-refractivity contribution in [1.82, 2.24) is 4.98 Å². The summed E-state index contributed by atoms with van der Waals surface area (Å²) in [6.07, 6.45) is 0.669. The molecule has 0 fully saturated rings. The number of carbonyl (C=O) groups excluding carboxylic acids is 3. The van der Waals surface area contributed by atoms with Crippen molar-refractivity contribution in [1.29, 1.82) is 0 Å². The van der Waals surface area contributed by atoms with E-state index in [1.54, 1.807) is 37.3 Å². The molecule has 31 heavy (non-hydrogen) atoms. The van der Waals surface area contributed by atoms with Crippen LogP contribution in [0.15, 0.2) is 48.5 Å². The van der Waals surface area contributed by atoms with Crippen LogP contribution in [0.4, 0.5) is 5.69 Å². The number of fused-ring (bicyclic) bond motifs is 1. The van der Waals surface area contributed by atoms with Crippen LogP contribution >= 0.6 is 0 Å². The minimum absolute atomic E-state index is 0.220. The summed E-state index contributed by atoms with van der Waals surface area (Å²) in [6, 6.07) is 13.8. The van der Waals surface area contributed by atoms with E-state index in [2.05, 4.69) is 10.3 Å². The summed E-state index contributed by atoms with van der Waals surface area (Å²) in [5.41, 5.74) is 3.16. The number of anilines is 1. The van der Waals surface area contributed by atoms with Gasteiger partial charge in [-0.1, -0.05) is 37.3 Å². The van der Waals surface area contributed by atoms with E-state index in [9.17, 15) is 14.4 Å². The Balaban J connectivity index is 1.76. The van der Waals surface area contributed by atoms with Crippen molar-refractivity contribution < 1.29 is 23.9 Å². The van der Waals surface area contributed by atoms with Gasteiger partial charge < -0.3 is 14.8 Å². The van der Waals surface area contributed by atoms with Crippen LogP contribution in [0.5, 0.6) is 0 Å². The second kappa shape index (κ2) is 9.84. The lowest BCUT2D eigenvalue weighted by molar-refractivity contribution is -0.119. The number of pyridine rings is 1. The fraction of sp³-hybridized carbons (Fsp3) is 0.250. The number of amides is 1. The molecule has 1 amide bonds. The molecule has 0 saturated carbocycles. The van der Waals surface area contributed by atoms with Crippen molar-refractivity contribution >= 4 is 34.4 Å². The Morgan fingerprint density at radius 2 is 1.65 bits per heavy atom. The maximum absolute atomic E-state index is 12.9. The molecule has 0 spiro atoms. The minimum Gasteiger partial charge on any atom is -0.462 e. The fourth-order valence-electron chi connectivity index (χ4n) is 3.33. The molecular weight excluding hydrogens is 396 g/mol. The van der Waals surface area contributed by atoms with Crippen LogP contribution in [-0.4, -0.2) is 36.0 Å². The topological polar surface area (TPSA) is 94.6 Å². The molecule has 0 saturated heterocycles. The molecule has 160 valence electrons. The van der Waals surface area contributed by atoms with E-state index < -0.39 is 24.5 Å². The smallest absolute Gasteiger partial charge is 0.340 e. The van der Waals surface area contributed by atoms with E-state index in [0.717, 1.165) is 11.3 Å². The minimum atomic E-state index is -0.598. The number of aromatic nitrogens is 1. The molecule has 0 aliphatic heterocycles. The van der Waals surface area contributed by atoms with Gasteiger partial charge >= 0.3 is 11.9 Å². The van der Waals surface area contributed by atoms with Crippen molar-refractivity contribution in [3.8, 4) is 0 Å². The van der Waals surface area contributed by atoms with Gasteiger partial charge in [-0.2, -0.15) is 0 Å². The molecule has 0 unspecified atom stereocenters. The van der Waals surface area contributed by atoms with Gasteiger partial charge in [0, 0.05) is 11.1 Å². The second-order valence-corrected chi connectivity index (χ2v) is 6.82. The van der Waals surface area contributed by atoms with Gasteiger partial charge in [-0.15, -0.1) is 0 Å². The molecule has 3 aromatic rings. The summed E-state index contributed by atoms with van der Waals surface area (Å²) < 4.78 is 10.3. The third-order valence-corrected chi connectivity index (χ3v) is 4.81. The van der Waals surface area contributed by atoms with Gasteiger partial charge in [-0.05, 0) is 44.0 Å². The first-order chi connectivity index (χ1) is 15.0. The Morgan fingerprint density at radius 3 is 2.39 bits per heavy atom. The average Bonchev–Trinajstić information content (AvgIpc) is 2.77. The molecule has 0 aliphatic carbocycles. The Morgan fingerprint density at radius 1 is 0.935 bits per heavy atom. The van der Waals surface area contributed by atoms with Crippen LogP contribution in [0.25, 0.3) is 10.9 Å². The average molecular weight is 420 g/mol. The summed E-state index contributed by atoms with van der Waals surface area (Å²) in [4.78, 5) is 41.9. The van der Waals surface area contributed by atoms with Crippen molar-refractivity contribution in [2.45, 2.75) is 27.2 Å². The summed E-state index contributed by atoms with van der Waals surface area (Å²) >= 11 is 0. The molecule has 7 nitrogen and oxygen atoms in total. The first-order valence-electron chi connectivity index (χ1n) is 10.1. The van der Waals surface area contributed by atoms with Gasteiger partial charge in [0.2, 0.25) is 0 Å². The lowest BCUT2D eigenvalue weighted by Gasteiger charge is -2.14. The molecule has 1 aromatic heterocycles. The van der Waals surface area contributed by atoms with Gasteiger partial charge in [0.25, 0.3) is 5.91 Å². The highest BCUT2D eigenvalue weighted by atomic mass is 16.5. The number of nitrogens with zero attached hydrogens (tertiary/aromatic N) is 1. The van der Waals surface area contributed by atoms with Gasteiger partial charge in [0.15, 0.2) is 6.61 Å². The Kier molecular flexibility index (Phi) is 6.97. The van der Waals surface area contributed by atoms with Crippen LogP contribution in [0.3, 0.4) is 0 Å². The molecule has 2 aromatic carbocycles. The predicted octanol–water partition coefficient (Wildman–Crippen LogP) is 4.08. The molecule has 0 radical (unpaired) electrons. The lowest BCUT2D eigenvalue weighted by atomic mass is 10.0. The summed E-state index contributed by atoms with van der Waals surface area (Å²) in [6.45, 7) is 5.22. The molecule has 1 N–H and O–H groups in total. The summed E-state index contributed by atoms with van der Waals surface area (Å²) in [5.74, 6) is -1.70. The largest absolute Gasteiger partial charge is 0.462 e. The van der Waals surface area contributed by atoms with Crippen molar-refractivity contribution in [3.05, 3.63) is 70.9 Å². The number of carbonyl (C=O) groups is 3. The number of hydrogen-bond acceptors (Lipinski definition) is 6. The highest BCUT2D eigenvalue weighted by molar-refractivity contribution is 6.06. The van der Waals surface area contributed by atoms with Crippen LogP contribution in [0.2, 0.25) is 0 Å². The van der Waals surface area contributed by atoms with E-state index in [-0.39, 0.29) is 12.2 Å². The number of nitrogens with one attached hydrogen (secondary N) is 1. The Hall–Kier alpha value is -3.74. The van der Waals surface area contributed by atoms with E-state index in [1.165, 1.54) is 0 Å². The van der Waals surface area contributed by atoms with Crippen LogP contribution in [0, 0.1) is 6.92 Å². The zero-order valence-corrected chi connectivity index (χ0v) is 17.7. The molecule has 1 heterocycles. The normalized spacial score (nSPS) is 10.5. The highest BCUT2D eigenvalue weighted by Crippen LogP contribution is 2.24. The third kappa shape index (κ3) is 4.88. The van der Waals surface area contributed by atoms with Gasteiger partial charge in [0.1, 0.15) is 0 Å². The quantitative estimate of drug-likeness (QED) is 0.579.